The Labute approximate surface area is 192 Å². The Morgan fingerprint density at radius 2 is 1.81 bits per heavy atom. The van der Waals surface area contributed by atoms with E-state index in [1.165, 1.54) is 6.07 Å². The maximum atomic E-state index is 12.6. The Morgan fingerprint density at radius 3 is 2.53 bits per heavy atom. The Bertz CT molecular complexity index is 1310. The molecule has 9 heteroatoms. The summed E-state index contributed by atoms with van der Waals surface area (Å²) in [5, 5.41) is 9.86. The lowest BCUT2D eigenvalue weighted by Gasteiger charge is -2.09. The third kappa shape index (κ3) is 4.91. The topological polar surface area (TPSA) is 116 Å². The largest absolute Gasteiger partial charge is 0.480 e. The van der Waals surface area contributed by atoms with Gasteiger partial charge < -0.3 is 20.0 Å². The highest BCUT2D eigenvalue weighted by molar-refractivity contribution is 6.35. The van der Waals surface area contributed by atoms with Crippen LogP contribution in [0, 0.1) is 0 Å². The predicted molar refractivity (Wildman–Crippen MR) is 120 cm³/mol. The van der Waals surface area contributed by atoms with Gasteiger partial charge in [0, 0.05) is 15.6 Å². The van der Waals surface area contributed by atoms with Gasteiger partial charge >= 0.3 is 11.9 Å². The molecule has 1 aromatic heterocycles. The number of ether oxygens (including phenoxy) is 1. The Balaban J connectivity index is 1.55. The minimum atomic E-state index is -1.10. The number of nitrogens with two attached hydrogens (primary N) is 1. The van der Waals surface area contributed by atoms with Gasteiger partial charge in [-0.05, 0) is 60.5 Å². The highest BCUT2D eigenvalue weighted by Gasteiger charge is 2.16. The predicted octanol–water partition coefficient (Wildman–Crippen LogP) is 4.98. The molecular formula is C23H16Cl2N2O5. The van der Waals surface area contributed by atoms with Crippen molar-refractivity contribution in [2.45, 2.75) is 12.5 Å². The number of aliphatic carboxylic acids is 1. The molecular weight excluding hydrogens is 455 g/mol. The van der Waals surface area contributed by atoms with Gasteiger partial charge in [0.05, 0.1) is 5.56 Å². The summed E-state index contributed by atoms with van der Waals surface area (Å²) >= 11 is 12.1. The quantitative estimate of drug-likeness (QED) is 0.301. The lowest BCUT2D eigenvalue weighted by molar-refractivity contribution is -0.138. The van der Waals surface area contributed by atoms with Gasteiger partial charge in [-0.2, -0.15) is 0 Å². The van der Waals surface area contributed by atoms with E-state index in [2.05, 4.69) is 4.98 Å². The molecule has 0 radical (unpaired) electrons. The molecule has 0 fully saturated rings. The van der Waals surface area contributed by atoms with Crippen molar-refractivity contribution in [1.29, 1.82) is 0 Å². The number of benzene rings is 3. The van der Waals surface area contributed by atoms with Crippen LogP contribution < -0.4 is 10.5 Å². The maximum absolute atomic E-state index is 12.6. The summed E-state index contributed by atoms with van der Waals surface area (Å²) in [5.74, 6) is -1.11. The zero-order valence-electron chi connectivity index (χ0n) is 16.4. The second-order valence-electron chi connectivity index (χ2n) is 7.05. The monoisotopic (exact) mass is 470 g/mol. The van der Waals surface area contributed by atoms with E-state index in [-0.39, 0.29) is 17.7 Å². The minimum Gasteiger partial charge on any atom is -0.480 e. The molecule has 32 heavy (non-hydrogen) atoms. The first-order valence-corrected chi connectivity index (χ1v) is 10.2. The molecule has 162 valence electrons. The van der Waals surface area contributed by atoms with E-state index in [0.29, 0.717) is 38.2 Å². The molecule has 0 saturated carbocycles. The lowest BCUT2D eigenvalue weighted by Crippen LogP contribution is -2.32. The van der Waals surface area contributed by atoms with Crippen molar-refractivity contribution in [1.82, 2.24) is 4.98 Å². The number of carbonyl (C=O) groups excluding carboxylic acids is 1. The average molecular weight is 471 g/mol. The van der Waals surface area contributed by atoms with Crippen LogP contribution in [-0.2, 0) is 11.2 Å². The molecule has 1 atom stereocenters. The second kappa shape index (κ2) is 9.00. The van der Waals surface area contributed by atoms with Crippen molar-refractivity contribution in [3.05, 3.63) is 81.8 Å². The normalized spacial score (nSPS) is 12.0. The van der Waals surface area contributed by atoms with Gasteiger partial charge in [0.25, 0.3) is 0 Å². The number of aromatic nitrogens is 1. The number of nitrogens with zero attached hydrogens (tertiary/aromatic N) is 1. The summed E-state index contributed by atoms with van der Waals surface area (Å²) in [5.41, 5.74) is 8.03. The fourth-order valence-corrected chi connectivity index (χ4v) is 3.62. The third-order valence-electron chi connectivity index (χ3n) is 4.62. The molecule has 0 aliphatic heterocycles. The Kier molecular flexibility index (Phi) is 6.14. The molecule has 0 bridgehead atoms. The second-order valence-corrected chi connectivity index (χ2v) is 7.92. The first kappa shape index (κ1) is 21.8. The molecule has 0 amide bonds. The number of rotatable bonds is 6. The number of hydrogen-bond donors (Lipinski definition) is 2. The van der Waals surface area contributed by atoms with Gasteiger partial charge in [0.1, 0.15) is 17.3 Å². The van der Waals surface area contributed by atoms with Gasteiger partial charge in [-0.15, -0.1) is 0 Å². The number of carboxylic acid groups (broad SMARTS) is 1. The van der Waals surface area contributed by atoms with Crippen molar-refractivity contribution in [3.8, 4) is 17.2 Å². The number of esters is 1. The number of fused-ring (bicyclic) bond motifs is 1. The van der Waals surface area contributed by atoms with Crippen LogP contribution in [0.5, 0.6) is 5.75 Å². The van der Waals surface area contributed by atoms with E-state index < -0.39 is 18.0 Å². The van der Waals surface area contributed by atoms with Crippen LogP contribution in [0.1, 0.15) is 15.9 Å². The Morgan fingerprint density at radius 1 is 1.06 bits per heavy atom. The standard InChI is InChI=1S/C23H16Cl2N2O5/c24-15-8-14(9-16(25)11-15)21-27-19-5-4-13(10-20(19)32-21)23(30)31-17-3-1-2-12(6-17)7-18(26)22(28)29/h1-6,8-11,18H,7,26H2,(H,28,29)/t18-/m1/s1. The van der Waals surface area contributed by atoms with Crippen LogP contribution in [0.4, 0.5) is 0 Å². The van der Waals surface area contributed by atoms with Gasteiger partial charge in [-0.25, -0.2) is 9.78 Å². The van der Waals surface area contributed by atoms with Gasteiger partial charge in [-0.3, -0.25) is 4.79 Å². The SMILES string of the molecule is N[C@H](Cc1cccc(OC(=O)c2ccc3nc(-c4cc(Cl)cc(Cl)c4)oc3c2)c1)C(=O)O. The fraction of sp³-hybridized carbons (Fsp3) is 0.0870. The smallest absolute Gasteiger partial charge is 0.343 e. The average Bonchev–Trinajstić information content (AvgIpc) is 3.16. The fourth-order valence-electron chi connectivity index (χ4n) is 3.10. The van der Waals surface area contributed by atoms with Gasteiger partial charge in [-0.1, -0.05) is 35.3 Å². The summed E-state index contributed by atoms with van der Waals surface area (Å²) in [6, 6.07) is 15.2. The van der Waals surface area contributed by atoms with Crippen LogP contribution in [0.25, 0.3) is 22.6 Å². The number of hydrogen-bond acceptors (Lipinski definition) is 6. The summed E-state index contributed by atoms with van der Waals surface area (Å²) in [4.78, 5) is 28.0. The van der Waals surface area contributed by atoms with E-state index in [0.717, 1.165) is 0 Å². The minimum absolute atomic E-state index is 0.112. The van der Waals surface area contributed by atoms with Crippen LogP contribution in [-0.4, -0.2) is 28.1 Å². The summed E-state index contributed by atoms with van der Waals surface area (Å²) in [6.07, 6.45) is 0.112. The lowest BCUT2D eigenvalue weighted by atomic mass is 10.1. The molecule has 7 nitrogen and oxygen atoms in total. The Hall–Kier alpha value is -3.39. The van der Waals surface area contributed by atoms with Crippen molar-refractivity contribution in [2.75, 3.05) is 0 Å². The van der Waals surface area contributed by atoms with Gasteiger partial charge in [0.2, 0.25) is 5.89 Å². The highest BCUT2D eigenvalue weighted by Crippen LogP contribution is 2.30. The molecule has 3 N–H and O–H groups in total. The summed E-state index contributed by atoms with van der Waals surface area (Å²) in [6.45, 7) is 0. The number of oxazole rings is 1. The van der Waals surface area contributed by atoms with Crippen LogP contribution in [0.3, 0.4) is 0 Å². The first-order valence-electron chi connectivity index (χ1n) is 9.45. The van der Waals surface area contributed by atoms with Gasteiger partial charge in [0.15, 0.2) is 5.58 Å². The van der Waals surface area contributed by atoms with Crippen molar-refractivity contribution in [2.24, 2.45) is 5.73 Å². The molecule has 4 aromatic rings. The summed E-state index contributed by atoms with van der Waals surface area (Å²) < 4.78 is 11.2. The molecule has 1 heterocycles. The maximum Gasteiger partial charge on any atom is 0.343 e. The number of halogens is 2. The van der Waals surface area contributed by atoms with E-state index in [1.807, 2.05) is 0 Å². The van der Waals surface area contributed by atoms with Crippen molar-refractivity contribution in [3.63, 3.8) is 0 Å². The van der Waals surface area contributed by atoms with Crippen LogP contribution in [0.2, 0.25) is 10.0 Å². The zero-order chi connectivity index (χ0) is 22.8. The zero-order valence-corrected chi connectivity index (χ0v) is 17.9. The van der Waals surface area contributed by atoms with Crippen molar-refractivity contribution < 1.29 is 23.8 Å². The molecule has 0 saturated heterocycles. The van der Waals surface area contributed by atoms with E-state index in [4.69, 9.17) is 43.2 Å². The number of carbonyl (C=O) groups is 2. The highest BCUT2D eigenvalue weighted by atomic mass is 35.5. The molecule has 3 aromatic carbocycles. The third-order valence-corrected chi connectivity index (χ3v) is 5.05. The van der Waals surface area contributed by atoms with Crippen LogP contribution in [0.15, 0.2) is 65.1 Å². The molecule has 0 spiro atoms. The van der Waals surface area contributed by atoms with E-state index in [9.17, 15) is 9.59 Å². The molecule has 0 aliphatic carbocycles. The van der Waals surface area contributed by atoms with E-state index in [1.54, 1.807) is 54.6 Å². The van der Waals surface area contributed by atoms with E-state index >= 15 is 0 Å². The molecule has 0 unspecified atom stereocenters. The molecule has 4 rings (SSSR count). The number of carboxylic acids is 1. The molecule has 0 aliphatic rings. The van der Waals surface area contributed by atoms with Crippen LogP contribution >= 0.6 is 23.2 Å². The summed E-state index contributed by atoms with van der Waals surface area (Å²) in [7, 11) is 0. The van der Waals surface area contributed by atoms with Crippen molar-refractivity contribution >= 4 is 46.2 Å². The first-order chi connectivity index (χ1) is 15.3.